The first kappa shape index (κ1) is 31.4. The molecule has 9 nitrogen and oxygen atoms in total. The summed E-state index contributed by atoms with van der Waals surface area (Å²) in [5, 5.41) is 0.505. The van der Waals surface area contributed by atoms with E-state index in [2.05, 4.69) is 0 Å². The van der Waals surface area contributed by atoms with Gasteiger partial charge in [0.25, 0.3) is 5.91 Å². The van der Waals surface area contributed by atoms with E-state index in [1.165, 1.54) is 25.3 Å². The molecule has 3 aromatic carbocycles. The summed E-state index contributed by atoms with van der Waals surface area (Å²) in [5.41, 5.74) is 2.60. The van der Waals surface area contributed by atoms with Crippen LogP contribution in [0.15, 0.2) is 72.9 Å². The topological polar surface area (TPSA) is 98.3 Å². The second kappa shape index (κ2) is 13.3. The Morgan fingerprint density at radius 1 is 0.844 bits per heavy atom. The van der Waals surface area contributed by atoms with Crippen molar-refractivity contribution in [2.24, 2.45) is 0 Å². The minimum Gasteiger partial charge on any atom is -0.486 e. The van der Waals surface area contributed by atoms with Crippen molar-refractivity contribution in [2.75, 3.05) is 33.3 Å². The van der Waals surface area contributed by atoms with Gasteiger partial charge < -0.3 is 24.0 Å². The smallest absolute Gasteiger partial charge is 0.410 e. The third-order valence-corrected chi connectivity index (χ3v) is 7.38. The Morgan fingerprint density at radius 2 is 1.51 bits per heavy atom. The molecular weight excluding hydrogens is 577 g/mol. The van der Waals surface area contributed by atoms with Gasteiger partial charge in [0.2, 0.25) is 0 Å². The van der Waals surface area contributed by atoms with Gasteiger partial charge in [0.1, 0.15) is 29.1 Å². The predicted molar refractivity (Wildman–Crippen MR) is 167 cm³/mol. The van der Waals surface area contributed by atoms with Gasteiger partial charge in [-0.2, -0.15) is 0 Å². The lowest BCUT2D eigenvalue weighted by molar-refractivity contribution is 0.0141. The summed E-state index contributed by atoms with van der Waals surface area (Å²) in [7, 11) is 1.27. The monoisotopic (exact) mass is 613 g/mol. The average molecular weight is 614 g/mol. The van der Waals surface area contributed by atoms with E-state index in [0.717, 1.165) is 16.7 Å². The third kappa shape index (κ3) is 7.57. The Bertz CT molecular complexity index is 1700. The number of methoxy groups -OCH3 is 1. The van der Waals surface area contributed by atoms with E-state index in [4.69, 9.17) is 19.2 Å². The van der Waals surface area contributed by atoms with Gasteiger partial charge in [-0.05, 0) is 68.1 Å². The Labute approximate surface area is 261 Å². The Kier molecular flexibility index (Phi) is 9.32. The van der Waals surface area contributed by atoms with Crippen molar-refractivity contribution in [1.82, 2.24) is 14.8 Å². The van der Waals surface area contributed by atoms with Gasteiger partial charge in [0.15, 0.2) is 5.75 Å². The molecule has 0 N–H and O–H groups in total. The molecular formula is C35H36FN3O6. The molecule has 0 atom stereocenters. The fraction of sp³-hybridized carbons (Fsp3) is 0.314. The van der Waals surface area contributed by atoms with Crippen molar-refractivity contribution in [3.63, 3.8) is 0 Å². The first-order valence-corrected chi connectivity index (χ1v) is 14.7. The number of nitrogens with zero attached hydrogens (tertiary/aromatic N) is 3. The van der Waals surface area contributed by atoms with Crippen molar-refractivity contribution in [1.29, 1.82) is 0 Å². The van der Waals surface area contributed by atoms with Crippen molar-refractivity contribution in [2.45, 2.75) is 39.4 Å². The van der Waals surface area contributed by atoms with Crippen molar-refractivity contribution in [3.05, 3.63) is 107 Å². The minimum absolute atomic E-state index is 0.0791. The molecule has 5 rings (SSSR count). The van der Waals surface area contributed by atoms with E-state index in [1.54, 1.807) is 48.9 Å². The van der Waals surface area contributed by atoms with E-state index in [0.29, 0.717) is 30.4 Å². The summed E-state index contributed by atoms with van der Waals surface area (Å²) in [6.07, 6.45) is 1.68. The normalized spacial score (nSPS) is 13.4. The van der Waals surface area contributed by atoms with E-state index in [-0.39, 0.29) is 48.3 Å². The molecule has 0 radical (unpaired) electrons. The van der Waals surface area contributed by atoms with Gasteiger partial charge in [-0.15, -0.1) is 0 Å². The maximum Gasteiger partial charge on any atom is 0.410 e. The van der Waals surface area contributed by atoms with Crippen LogP contribution in [0.4, 0.5) is 9.18 Å². The lowest BCUT2D eigenvalue weighted by Crippen LogP contribution is -2.51. The van der Waals surface area contributed by atoms with Crippen molar-refractivity contribution < 1.29 is 33.0 Å². The molecule has 1 aliphatic rings. The highest BCUT2D eigenvalue weighted by Crippen LogP contribution is 2.34. The first-order chi connectivity index (χ1) is 21.5. The van der Waals surface area contributed by atoms with Crippen LogP contribution in [0.5, 0.6) is 5.75 Å². The number of piperazine rings is 1. The standard InChI is InChI=1S/C35H36FN3O6/c1-35(2,3)45-34(42)39-16-14-38(15-17-39)32(40)28-20-29(33(41)43-4)31(44-22-24-8-6-5-7-9-24)30-27(28)19-25(21-37-30)18-23-10-12-26(36)13-11-23/h5-13,19-21H,14-18,22H2,1-4H3. The average Bonchev–Trinajstić information content (AvgIpc) is 3.03. The Balaban J connectivity index is 1.53. The van der Waals surface area contributed by atoms with Gasteiger partial charge in [-0.3, -0.25) is 9.78 Å². The fourth-order valence-corrected chi connectivity index (χ4v) is 5.15. The second-order valence-corrected chi connectivity index (χ2v) is 11.9. The summed E-state index contributed by atoms with van der Waals surface area (Å²) in [6.45, 7) is 6.74. The highest BCUT2D eigenvalue weighted by molar-refractivity contribution is 6.12. The number of hydrogen-bond donors (Lipinski definition) is 0. The van der Waals surface area contributed by atoms with Crippen LogP contribution in [0.2, 0.25) is 0 Å². The number of halogens is 1. The summed E-state index contributed by atoms with van der Waals surface area (Å²) >= 11 is 0. The lowest BCUT2D eigenvalue weighted by atomic mass is 9.98. The molecule has 1 aliphatic heterocycles. The zero-order valence-electron chi connectivity index (χ0n) is 25.8. The SMILES string of the molecule is COC(=O)c1cc(C(=O)N2CCN(C(=O)OC(C)(C)C)CC2)c2cc(Cc3ccc(F)cc3)cnc2c1OCc1ccccc1. The fourth-order valence-electron chi connectivity index (χ4n) is 5.15. The molecule has 10 heteroatoms. The van der Waals surface area contributed by atoms with Gasteiger partial charge in [-0.25, -0.2) is 14.0 Å². The molecule has 2 amide bonds. The van der Waals surface area contributed by atoms with Crippen LogP contribution in [0, 0.1) is 5.82 Å². The second-order valence-electron chi connectivity index (χ2n) is 11.9. The Hall–Kier alpha value is -4.99. The quantitative estimate of drug-likeness (QED) is 0.235. The van der Waals surface area contributed by atoms with Crippen LogP contribution in [-0.4, -0.2) is 71.6 Å². The minimum atomic E-state index is -0.666. The maximum absolute atomic E-state index is 14.1. The molecule has 1 fully saturated rings. The van der Waals surface area contributed by atoms with Gasteiger partial charge in [0, 0.05) is 37.8 Å². The number of esters is 1. The summed E-state index contributed by atoms with van der Waals surface area (Å²) in [4.78, 5) is 47.7. The van der Waals surface area contributed by atoms with Crippen molar-refractivity contribution >= 4 is 28.9 Å². The predicted octanol–water partition coefficient (Wildman–Crippen LogP) is 6.02. The van der Waals surface area contributed by atoms with Gasteiger partial charge in [-0.1, -0.05) is 42.5 Å². The van der Waals surface area contributed by atoms with Gasteiger partial charge in [0.05, 0.1) is 12.7 Å². The zero-order valence-corrected chi connectivity index (χ0v) is 25.8. The largest absolute Gasteiger partial charge is 0.486 e. The molecule has 2 heterocycles. The third-order valence-electron chi connectivity index (χ3n) is 7.38. The number of carbonyl (C=O) groups is 3. The number of fused-ring (bicyclic) bond motifs is 1. The molecule has 0 spiro atoms. The molecule has 0 unspecified atom stereocenters. The van der Waals surface area contributed by atoms with Crippen molar-refractivity contribution in [3.8, 4) is 5.75 Å². The maximum atomic E-state index is 14.1. The zero-order chi connectivity index (χ0) is 32.1. The van der Waals surface area contributed by atoms with E-state index in [9.17, 15) is 18.8 Å². The number of hydrogen-bond acceptors (Lipinski definition) is 7. The van der Waals surface area contributed by atoms with Crippen LogP contribution in [0.25, 0.3) is 10.9 Å². The van der Waals surface area contributed by atoms with Gasteiger partial charge >= 0.3 is 12.1 Å². The number of ether oxygens (including phenoxy) is 3. The molecule has 1 aromatic heterocycles. The molecule has 0 saturated carbocycles. The molecule has 4 aromatic rings. The lowest BCUT2D eigenvalue weighted by Gasteiger charge is -2.35. The highest BCUT2D eigenvalue weighted by Gasteiger charge is 2.31. The van der Waals surface area contributed by atoms with Crippen LogP contribution in [0.3, 0.4) is 0 Å². The number of carbonyl (C=O) groups excluding carboxylic acids is 3. The van der Waals surface area contributed by atoms with Crippen LogP contribution in [-0.2, 0) is 22.5 Å². The number of aromatic nitrogens is 1. The molecule has 0 aliphatic carbocycles. The van der Waals surface area contributed by atoms with Crippen LogP contribution < -0.4 is 4.74 Å². The number of rotatable bonds is 7. The highest BCUT2D eigenvalue weighted by atomic mass is 19.1. The summed E-state index contributed by atoms with van der Waals surface area (Å²) in [5.74, 6) is -1.10. The summed E-state index contributed by atoms with van der Waals surface area (Å²) in [6, 6.07) is 19.0. The van der Waals surface area contributed by atoms with E-state index < -0.39 is 17.7 Å². The van der Waals surface area contributed by atoms with E-state index >= 15 is 0 Å². The molecule has 1 saturated heterocycles. The molecule has 45 heavy (non-hydrogen) atoms. The molecule has 0 bridgehead atoms. The number of benzene rings is 3. The first-order valence-electron chi connectivity index (χ1n) is 14.7. The Morgan fingerprint density at radius 3 is 2.16 bits per heavy atom. The summed E-state index contributed by atoms with van der Waals surface area (Å²) < 4.78 is 30.3. The number of pyridine rings is 1. The van der Waals surface area contributed by atoms with Crippen LogP contribution in [0.1, 0.15) is 58.2 Å². The van der Waals surface area contributed by atoms with Crippen LogP contribution >= 0.6 is 0 Å². The van der Waals surface area contributed by atoms with E-state index in [1.807, 2.05) is 36.4 Å². The molecule has 234 valence electrons. The number of amides is 2.